The Bertz CT molecular complexity index is 635. The minimum atomic E-state index is -3.72. The van der Waals surface area contributed by atoms with E-state index in [0.29, 0.717) is 19.5 Å². The predicted octanol–water partition coefficient (Wildman–Crippen LogP) is -0.188. The molecule has 1 aliphatic rings. The fourth-order valence-corrected chi connectivity index (χ4v) is 3.70. The number of hydrogen-bond donors (Lipinski definition) is 2. The number of carbonyl (C=O) groups is 1. The van der Waals surface area contributed by atoms with Gasteiger partial charge in [0.05, 0.1) is 7.11 Å². The van der Waals surface area contributed by atoms with Gasteiger partial charge in [-0.25, -0.2) is 17.9 Å². The van der Waals surface area contributed by atoms with Gasteiger partial charge in [0.25, 0.3) is 0 Å². The molecule has 23 heavy (non-hydrogen) atoms. The van der Waals surface area contributed by atoms with Crippen LogP contribution in [0.15, 0.2) is 15.4 Å². The summed E-state index contributed by atoms with van der Waals surface area (Å²) in [5.74, 6) is -0.547. The molecule has 2 N–H and O–H groups in total. The normalized spacial score (nSPS) is 16.4. The van der Waals surface area contributed by atoms with Crippen LogP contribution in [0, 0.1) is 0 Å². The third-order valence-corrected chi connectivity index (χ3v) is 5.21. The van der Waals surface area contributed by atoms with Gasteiger partial charge in [0.15, 0.2) is 0 Å². The van der Waals surface area contributed by atoms with Crippen molar-refractivity contribution >= 4 is 16.0 Å². The second-order valence-corrected chi connectivity index (χ2v) is 6.97. The van der Waals surface area contributed by atoms with Crippen molar-refractivity contribution in [2.75, 3.05) is 46.4 Å². The van der Waals surface area contributed by atoms with E-state index in [4.69, 9.17) is 4.42 Å². The van der Waals surface area contributed by atoms with Gasteiger partial charge in [-0.05, 0) is 0 Å². The zero-order chi connectivity index (χ0) is 16.9. The Labute approximate surface area is 136 Å². The van der Waals surface area contributed by atoms with E-state index in [1.54, 1.807) is 6.92 Å². The quantitative estimate of drug-likeness (QED) is 0.661. The van der Waals surface area contributed by atoms with E-state index in [-0.39, 0.29) is 16.4 Å². The number of esters is 1. The number of ether oxygens (including phenoxy) is 1. The van der Waals surface area contributed by atoms with Crippen LogP contribution in [0.5, 0.6) is 0 Å². The smallest absolute Gasteiger partial charge is 0.373 e. The Kier molecular flexibility index (Phi) is 6.17. The molecule has 130 valence electrons. The summed E-state index contributed by atoms with van der Waals surface area (Å²) in [7, 11) is -2.50. The lowest BCUT2D eigenvalue weighted by molar-refractivity contribution is 0.0563. The average molecular weight is 345 g/mol. The van der Waals surface area contributed by atoms with Gasteiger partial charge in [0.2, 0.25) is 15.8 Å². The average Bonchev–Trinajstić information content (AvgIpc) is 3.00. The fourth-order valence-electron chi connectivity index (χ4n) is 2.44. The highest BCUT2D eigenvalue weighted by molar-refractivity contribution is 7.89. The van der Waals surface area contributed by atoms with Crippen LogP contribution in [-0.2, 0) is 21.2 Å². The molecule has 0 saturated carbocycles. The number of sulfonamides is 1. The van der Waals surface area contributed by atoms with Crippen molar-refractivity contribution in [2.45, 2.75) is 18.2 Å². The number of piperazine rings is 1. The summed E-state index contributed by atoms with van der Waals surface area (Å²) in [6.07, 6.45) is 0.366. The lowest BCUT2D eigenvalue weighted by Crippen LogP contribution is -2.46. The van der Waals surface area contributed by atoms with Crippen LogP contribution in [0.2, 0.25) is 0 Å². The molecule has 1 aliphatic heterocycles. The van der Waals surface area contributed by atoms with Gasteiger partial charge in [-0.3, -0.25) is 4.90 Å². The molecule has 0 amide bonds. The van der Waals surface area contributed by atoms with E-state index in [0.717, 1.165) is 26.2 Å². The minimum Gasteiger partial charge on any atom is -0.463 e. The number of nitrogens with one attached hydrogen (secondary N) is 2. The summed E-state index contributed by atoms with van der Waals surface area (Å²) in [5.41, 5.74) is 0. The Morgan fingerprint density at radius 3 is 2.74 bits per heavy atom. The van der Waals surface area contributed by atoms with Gasteiger partial charge in [0.1, 0.15) is 10.7 Å². The van der Waals surface area contributed by atoms with Crippen molar-refractivity contribution in [3.63, 3.8) is 0 Å². The Balaban J connectivity index is 2.03. The van der Waals surface area contributed by atoms with Crippen LogP contribution in [0.4, 0.5) is 0 Å². The first-order valence-electron chi connectivity index (χ1n) is 7.61. The van der Waals surface area contributed by atoms with Crippen LogP contribution in [-0.4, -0.2) is 65.7 Å². The molecular formula is C14H23N3O5S. The van der Waals surface area contributed by atoms with Crippen molar-refractivity contribution in [1.29, 1.82) is 0 Å². The van der Waals surface area contributed by atoms with Crippen molar-refractivity contribution in [2.24, 2.45) is 0 Å². The first-order chi connectivity index (χ1) is 11.0. The first-order valence-corrected chi connectivity index (χ1v) is 9.10. The number of nitrogens with zero attached hydrogens (tertiary/aromatic N) is 1. The van der Waals surface area contributed by atoms with Crippen LogP contribution in [0.25, 0.3) is 0 Å². The third-order valence-electron chi connectivity index (χ3n) is 3.70. The van der Waals surface area contributed by atoms with E-state index in [9.17, 15) is 13.2 Å². The number of aryl methyl sites for hydroxylation is 1. The number of furan rings is 1. The van der Waals surface area contributed by atoms with E-state index in [2.05, 4.69) is 19.7 Å². The monoisotopic (exact) mass is 345 g/mol. The molecular weight excluding hydrogens is 322 g/mol. The highest BCUT2D eigenvalue weighted by Gasteiger charge is 2.25. The van der Waals surface area contributed by atoms with Gasteiger partial charge < -0.3 is 14.5 Å². The summed E-state index contributed by atoms with van der Waals surface area (Å²) >= 11 is 0. The van der Waals surface area contributed by atoms with Gasteiger partial charge >= 0.3 is 5.97 Å². The number of rotatable bonds is 7. The molecule has 2 heterocycles. The topological polar surface area (TPSA) is 101 Å². The highest BCUT2D eigenvalue weighted by atomic mass is 32.2. The molecule has 0 spiro atoms. The largest absolute Gasteiger partial charge is 0.463 e. The van der Waals surface area contributed by atoms with Crippen LogP contribution < -0.4 is 10.0 Å². The highest BCUT2D eigenvalue weighted by Crippen LogP contribution is 2.21. The second-order valence-electron chi connectivity index (χ2n) is 5.23. The molecule has 8 nitrogen and oxygen atoms in total. The first kappa shape index (κ1) is 17.9. The molecule has 0 bridgehead atoms. The molecule has 0 aromatic carbocycles. The summed E-state index contributed by atoms with van der Waals surface area (Å²) in [5, 5.41) is 3.24. The summed E-state index contributed by atoms with van der Waals surface area (Å²) in [4.78, 5) is 13.7. The van der Waals surface area contributed by atoms with Gasteiger partial charge in [-0.15, -0.1) is 0 Å². The molecule has 0 atom stereocenters. The van der Waals surface area contributed by atoms with E-state index in [1.807, 2.05) is 0 Å². The summed E-state index contributed by atoms with van der Waals surface area (Å²) < 4.78 is 37.3. The second kappa shape index (κ2) is 7.91. The minimum absolute atomic E-state index is 0.000658. The van der Waals surface area contributed by atoms with E-state index in [1.165, 1.54) is 13.2 Å². The molecule has 0 aliphatic carbocycles. The Morgan fingerprint density at radius 2 is 2.13 bits per heavy atom. The Hall–Kier alpha value is -1.42. The van der Waals surface area contributed by atoms with E-state index < -0.39 is 16.0 Å². The van der Waals surface area contributed by atoms with Crippen LogP contribution in [0.1, 0.15) is 23.2 Å². The Morgan fingerprint density at radius 1 is 1.43 bits per heavy atom. The number of carbonyl (C=O) groups excluding carboxylic acids is 1. The van der Waals surface area contributed by atoms with Crippen LogP contribution in [0.3, 0.4) is 0 Å². The third kappa shape index (κ3) is 4.54. The summed E-state index contributed by atoms with van der Waals surface area (Å²) in [6, 6.07) is 1.22. The molecule has 9 heteroatoms. The SMILES string of the molecule is CCc1oc(C(=O)OC)cc1S(=O)(=O)NCCN1CCNCC1. The summed E-state index contributed by atoms with van der Waals surface area (Å²) in [6.45, 7) is 6.35. The fraction of sp³-hybridized carbons (Fsp3) is 0.643. The molecule has 1 aromatic heterocycles. The molecule has 0 radical (unpaired) electrons. The lowest BCUT2D eigenvalue weighted by atomic mass is 10.3. The van der Waals surface area contributed by atoms with Gasteiger partial charge in [-0.2, -0.15) is 0 Å². The van der Waals surface area contributed by atoms with Crippen molar-refractivity contribution in [3.8, 4) is 0 Å². The molecule has 1 saturated heterocycles. The predicted molar refractivity (Wildman–Crippen MR) is 83.9 cm³/mol. The van der Waals surface area contributed by atoms with Crippen molar-refractivity contribution < 1.29 is 22.4 Å². The van der Waals surface area contributed by atoms with E-state index >= 15 is 0 Å². The molecule has 0 unspecified atom stereocenters. The van der Waals surface area contributed by atoms with Gasteiger partial charge in [0, 0.05) is 51.8 Å². The lowest BCUT2D eigenvalue weighted by Gasteiger charge is -2.27. The maximum atomic E-state index is 12.4. The number of hydrogen-bond acceptors (Lipinski definition) is 7. The van der Waals surface area contributed by atoms with Gasteiger partial charge in [-0.1, -0.05) is 6.92 Å². The van der Waals surface area contributed by atoms with Crippen molar-refractivity contribution in [1.82, 2.24) is 14.9 Å². The zero-order valence-electron chi connectivity index (χ0n) is 13.4. The molecule has 1 aromatic rings. The maximum Gasteiger partial charge on any atom is 0.373 e. The maximum absolute atomic E-state index is 12.4. The molecule has 1 fully saturated rings. The molecule has 2 rings (SSSR count). The zero-order valence-corrected chi connectivity index (χ0v) is 14.2. The van der Waals surface area contributed by atoms with Crippen LogP contribution >= 0.6 is 0 Å². The van der Waals surface area contributed by atoms with Crippen molar-refractivity contribution in [3.05, 3.63) is 17.6 Å². The standard InChI is InChI=1S/C14H23N3O5S/c1-3-11-13(10-12(22-11)14(18)21-2)23(19,20)16-6-9-17-7-4-15-5-8-17/h10,15-16H,3-9H2,1-2H3. The number of methoxy groups -OCH3 is 1.